The van der Waals surface area contributed by atoms with E-state index in [1.165, 1.54) is 11.1 Å². The van der Waals surface area contributed by atoms with E-state index in [1.807, 2.05) is 32.3 Å². The molecular formula is C23H31NO2. The highest BCUT2D eigenvalue weighted by Gasteiger charge is 2.43. The number of allylic oxidation sites excluding steroid dienone is 2. The van der Waals surface area contributed by atoms with Crippen LogP contribution in [0, 0.1) is 17.8 Å². The first-order valence-corrected chi connectivity index (χ1v) is 9.85. The van der Waals surface area contributed by atoms with Crippen LogP contribution in [-0.4, -0.2) is 36.1 Å². The van der Waals surface area contributed by atoms with Crippen LogP contribution in [0.2, 0.25) is 0 Å². The third kappa shape index (κ3) is 4.64. The van der Waals surface area contributed by atoms with Gasteiger partial charge in [-0.15, -0.1) is 0 Å². The molecule has 0 saturated heterocycles. The number of unbranched alkanes of at least 4 members (excludes halogenated alkanes) is 1. The number of carbonyl (C=O) groups excluding carboxylic acids is 1. The standard InChI is InChI=1S/C23H31NO2/c1-24(2)23(26)11-7-6-10-18-14-19-16-22(25)20(21(19)15-18)13-12-17-8-4-3-5-9-17/h3-5,8-9,12-14,19-22,25H,6-7,10-11,15-16H2,1-2H3/t19-,20+,21-,22+/m0/s1. The number of fused-ring (bicyclic) bond motifs is 1. The maximum atomic E-state index is 11.6. The van der Waals surface area contributed by atoms with Crippen LogP contribution in [0.15, 0.2) is 48.1 Å². The van der Waals surface area contributed by atoms with Crippen molar-refractivity contribution in [3.63, 3.8) is 0 Å². The molecule has 1 amide bonds. The molecule has 1 saturated carbocycles. The highest BCUT2D eigenvalue weighted by Crippen LogP contribution is 2.48. The Morgan fingerprint density at radius 3 is 2.73 bits per heavy atom. The second kappa shape index (κ2) is 8.68. The Kier molecular flexibility index (Phi) is 6.31. The summed E-state index contributed by atoms with van der Waals surface area (Å²) in [5, 5.41) is 10.5. The van der Waals surface area contributed by atoms with E-state index in [4.69, 9.17) is 0 Å². The van der Waals surface area contributed by atoms with Gasteiger partial charge in [-0.2, -0.15) is 0 Å². The van der Waals surface area contributed by atoms with Gasteiger partial charge >= 0.3 is 0 Å². The zero-order valence-corrected chi connectivity index (χ0v) is 16.0. The summed E-state index contributed by atoms with van der Waals surface area (Å²) in [6, 6.07) is 10.3. The SMILES string of the molecule is CN(C)C(=O)CCCCC1=C[C@H]2C[C@@H](O)[C@H](C=Cc3ccccc3)[C@H]2C1. The van der Waals surface area contributed by atoms with Gasteiger partial charge in [-0.3, -0.25) is 4.79 Å². The van der Waals surface area contributed by atoms with Gasteiger partial charge < -0.3 is 10.0 Å². The molecule has 3 nitrogen and oxygen atoms in total. The smallest absolute Gasteiger partial charge is 0.222 e. The number of aliphatic hydroxyl groups excluding tert-OH is 1. The van der Waals surface area contributed by atoms with Crippen LogP contribution < -0.4 is 0 Å². The zero-order valence-electron chi connectivity index (χ0n) is 16.0. The van der Waals surface area contributed by atoms with Crippen molar-refractivity contribution in [3.8, 4) is 0 Å². The maximum Gasteiger partial charge on any atom is 0.222 e. The first-order chi connectivity index (χ1) is 12.5. The Bertz CT molecular complexity index is 662. The molecule has 26 heavy (non-hydrogen) atoms. The van der Waals surface area contributed by atoms with Gasteiger partial charge in [-0.05, 0) is 49.5 Å². The molecule has 0 bridgehead atoms. The van der Waals surface area contributed by atoms with Crippen molar-refractivity contribution in [1.82, 2.24) is 4.90 Å². The first kappa shape index (κ1) is 18.9. The molecule has 0 heterocycles. The number of hydrogen-bond donors (Lipinski definition) is 1. The number of hydrogen-bond acceptors (Lipinski definition) is 2. The van der Waals surface area contributed by atoms with Gasteiger partial charge in [0.1, 0.15) is 0 Å². The van der Waals surface area contributed by atoms with E-state index in [0.29, 0.717) is 18.3 Å². The number of nitrogens with zero attached hydrogens (tertiary/aromatic N) is 1. The van der Waals surface area contributed by atoms with Gasteiger partial charge in [0, 0.05) is 26.4 Å². The summed E-state index contributed by atoms with van der Waals surface area (Å²) < 4.78 is 0. The van der Waals surface area contributed by atoms with Crippen molar-refractivity contribution in [2.75, 3.05) is 14.1 Å². The summed E-state index contributed by atoms with van der Waals surface area (Å²) in [7, 11) is 3.63. The molecular weight excluding hydrogens is 322 g/mol. The molecule has 3 heteroatoms. The second-order valence-electron chi connectivity index (χ2n) is 8.00. The van der Waals surface area contributed by atoms with Crippen LogP contribution >= 0.6 is 0 Å². The fourth-order valence-electron chi connectivity index (χ4n) is 4.43. The Balaban J connectivity index is 1.49. The number of carbonyl (C=O) groups is 1. The quantitative estimate of drug-likeness (QED) is 0.587. The number of aliphatic hydroxyl groups is 1. The van der Waals surface area contributed by atoms with Crippen LogP contribution in [0.25, 0.3) is 6.08 Å². The molecule has 1 aromatic rings. The molecule has 1 aromatic carbocycles. The topological polar surface area (TPSA) is 40.5 Å². The first-order valence-electron chi connectivity index (χ1n) is 9.85. The molecule has 2 aliphatic carbocycles. The largest absolute Gasteiger partial charge is 0.392 e. The van der Waals surface area contributed by atoms with E-state index in [0.717, 1.165) is 32.1 Å². The highest BCUT2D eigenvalue weighted by molar-refractivity contribution is 5.75. The Labute approximate surface area is 157 Å². The third-order valence-electron chi connectivity index (χ3n) is 5.90. The van der Waals surface area contributed by atoms with Crippen molar-refractivity contribution >= 4 is 12.0 Å². The summed E-state index contributed by atoms with van der Waals surface area (Å²) in [5.41, 5.74) is 2.72. The molecule has 0 aliphatic heterocycles. The van der Waals surface area contributed by atoms with Crippen LogP contribution in [0.5, 0.6) is 0 Å². The van der Waals surface area contributed by atoms with Gasteiger partial charge in [0.25, 0.3) is 0 Å². The van der Waals surface area contributed by atoms with E-state index in [9.17, 15) is 9.90 Å². The van der Waals surface area contributed by atoms with Crippen LogP contribution in [0.1, 0.15) is 44.1 Å². The lowest BCUT2D eigenvalue weighted by atomic mass is 9.88. The van der Waals surface area contributed by atoms with Crippen molar-refractivity contribution < 1.29 is 9.90 Å². The average Bonchev–Trinajstić information content (AvgIpc) is 3.14. The van der Waals surface area contributed by atoms with Gasteiger partial charge in [0.15, 0.2) is 0 Å². The monoisotopic (exact) mass is 353 g/mol. The molecule has 4 atom stereocenters. The minimum absolute atomic E-state index is 0.219. The van der Waals surface area contributed by atoms with Crippen LogP contribution in [0.3, 0.4) is 0 Å². The fourth-order valence-corrected chi connectivity index (χ4v) is 4.43. The van der Waals surface area contributed by atoms with E-state index < -0.39 is 0 Å². The lowest BCUT2D eigenvalue weighted by Gasteiger charge is -2.18. The predicted molar refractivity (Wildman–Crippen MR) is 106 cm³/mol. The van der Waals surface area contributed by atoms with E-state index in [-0.39, 0.29) is 17.9 Å². The molecule has 1 N–H and O–H groups in total. The molecule has 140 valence electrons. The summed E-state index contributed by atoms with van der Waals surface area (Å²) >= 11 is 0. The number of amides is 1. The van der Waals surface area contributed by atoms with Crippen molar-refractivity contribution in [3.05, 3.63) is 53.6 Å². The van der Waals surface area contributed by atoms with Crippen molar-refractivity contribution in [1.29, 1.82) is 0 Å². The molecule has 3 rings (SSSR count). The fraction of sp³-hybridized carbons (Fsp3) is 0.522. The summed E-state index contributed by atoms with van der Waals surface area (Å²) in [5.74, 6) is 1.54. The maximum absolute atomic E-state index is 11.6. The average molecular weight is 354 g/mol. The molecule has 2 aliphatic rings. The van der Waals surface area contributed by atoms with Crippen LogP contribution in [0.4, 0.5) is 0 Å². The Morgan fingerprint density at radius 2 is 2.00 bits per heavy atom. The normalized spacial score (nSPS) is 27.6. The van der Waals surface area contributed by atoms with Gasteiger partial charge in [0.05, 0.1) is 6.10 Å². The van der Waals surface area contributed by atoms with Crippen LogP contribution in [-0.2, 0) is 4.79 Å². The van der Waals surface area contributed by atoms with E-state index in [1.54, 1.807) is 4.90 Å². The summed E-state index contributed by atoms with van der Waals surface area (Å²) in [4.78, 5) is 13.3. The number of rotatable bonds is 7. The minimum Gasteiger partial charge on any atom is -0.392 e. The highest BCUT2D eigenvalue weighted by atomic mass is 16.3. The number of benzene rings is 1. The lowest BCUT2D eigenvalue weighted by molar-refractivity contribution is -0.128. The molecule has 0 radical (unpaired) electrons. The molecule has 0 unspecified atom stereocenters. The molecule has 0 aromatic heterocycles. The molecule has 0 spiro atoms. The Morgan fingerprint density at radius 1 is 1.23 bits per heavy atom. The third-order valence-corrected chi connectivity index (χ3v) is 5.90. The molecule has 1 fully saturated rings. The van der Waals surface area contributed by atoms with Gasteiger partial charge in [-0.1, -0.05) is 54.1 Å². The van der Waals surface area contributed by atoms with Gasteiger partial charge in [0.2, 0.25) is 5.91 Å². The van der Waals surface area contributed by atoms with Crippen molar-refractivity contribution in [2.45, 2.75) is 44.6 Å². The lowest BCUT2D eigenvalue weighted by Crippen LogP contribution is -2.21. The second-order valence-corrected chi connectivity index (χ2v) is 8.00. The zero-order chi connectivity index (χ0) is 18.5. The minimum atomic E-state index is -0.222. The predicted octanol–water partition coefficient (Wildman–Crippen LogP) is 4.29. The van der Waals surface area contributed by atoms with E-state index >= 15 is 0 Å². The summed E-state index contributed by atoms with van der Waals surface area (Å²) in [6.45, 7) is 0. The Hall–Kier alpha value is -1.87. The van der Waals surface area contributed by atoms with E-state index in [2.05, 4.69) is 30.4 Å². The summed E-state index contributed by atoms with van der Waals surface area (Å²) in [6.07, 6.45) is 12.3. The van der Waals surface area contributed by atoms with Gasteiger partial charge in [-0.25, -0.2) is 0 Å². The van der Waals surface area contributed by atoms with Crippen molar-refractivity contribution in [2.24, 2.45) is 17.8 Å².